The van der Waals surface area contributed by atoms with Crippen LogP contribution < -0.4 is 5.32 Å². The Bertz CT molecular complexity index is 150. The Hall–Kier alpha value is 1.17. The molecule has 76 valence electrons. The van der Waals surface area contributed by atoms with E-state index in [-0.39, 0.29) is 11.8 Å². The molecular weight excluding hydrogens is 270 g/mol. The van der Waals surface area contributed by atoms with Crippen molar-refractivity contribution in [1.29, 1.82) is 0 Å². The number of hydrogen-bond acceptors (Lipinski definition) is 2. The Balaban J connectivity index is 0.000000310. The number of rotatable bonds is 1. The van der Waals surface area contributed by atoms with Crippen molar-refractivity contribution in [2.45, 2.75) is 13.0 Å². The number of piperazine rings is 1. The second kappa shape index (κ2) is 8.48. The quantitative estimate of drug-likeness (QED) is 0.747. The van der Waals surface area contributed by atoms with E-state index in [1.165, 1.54) is 0 Å². The molecule has 1 rings (SSSR count). The number of nitrogens with one attached hydrogen (secondary N) is 1. The average Bonchev–Trinajstić information content (AvgIpc) is 2.05. The average molecular weight is 281 g/mol. The minimum atomic E-state index is -1.92. The molecule has 1 unspecified atom stereocenters. The van der Waals surface area contributed by atoms with E-state index in [2.05, 4.69) is 10.6 Å². The summed E-state index contributed by atoms with van der Waals surface area (Å²) in [6.07, 6.45) is 0. The number of hydrogen-bond donors (Lipinski definition) is 1. The van der Waals surface area contributed by atoms with E-state index in [9.17, 15) is 4.79 Å². The van der Waals surface area contributed by atoms with Crippen LogP contribution in [0.2, 0.25) is 0 Å². The first-order chi connectivity index (χ1) is 6.04. The van der Waals surface area contributed by atoms with Gasteiger partial charge in [0.15, 0.2) is 0 Å². The zero-order chi connectivity index (χ0) is 10.3. The zero-order valence-electron chi connectivity index (χ0n) is 7.19. The van der Waals surface area contributed by atoms with E-state index in [0.29, 0.717) is 0 Å². The van der Waals surface area contributed by atoms with Gasteiger partial charge in [-0.1, -0.05) is 6.04 Å². The van der Waals surface area contributed by atoms with E-state index in [0.717, 1.165) is 19.6 Å². The molecule has 13 heavy (non-hydrogen) atoms. The van der Waals surface area contributed by atoms with Crippen LogP contribution in [0.25, 0.3) is 5.32 Å². The van der Waals surface area contributed by atoms with Crippen LogP contribution in [-0.2, 0) is 19.5 Å². The van der Waals surface area contributed by atoms with Crippen LogP contribution in [0.1, 0.15) is 6.92 Å². The number of Topliss-reactive ketones (excluding diaryl/α,β-unsaturated/α-hetero) is 1. The molecule has 0 bridgehead atoms. The molecule has 3 nitrogen and oxygen atoms in total. The van der Waals surface area contributed by atoms with Crippen molar-refractivity contribution in [3.63, 3.8) is 0 Å². The second-order valence-corrected chi connectivity index (χ2v) is 10.2. The van der Waals surface area contributed by atoms with Crippen LogP contribution in [0.15, 0.2) is 0 Å². The van der Waals surface area contributed by atoms with E-state index in [1.54, 1.807) is 6.92 Å². The van der Waals surface area contributed by atoms with Gasteiger partial charge in [0, 0.05) is 0 Å². The third-order valence-electron chi connectivity index (χ3n) is 1.45. The van der Waals surface area contributed by atoms with Crippen molar-refractivity contribution >= 4 is 33.7 Å². The maximum atomic E-state index is 10.7. The standard InChI is InChI=1S/C6H11N2O.3ClH.Ti/c1-5(9)6-4-7-2-3-8-6;;;;/h6-7H,2-4H2,1H3;3*1H;/q-1;;;;+4/p-3. The van der Waals surface area contributed by atoms with Crippen LogP contribution in [0.5, 0.6) is 0 Å². The molecule has 0 radical (unpaired) electrons. The third kappa shape index (κ3) is 9.48. The molecular formula is C6H11Cl3N2OTi. The first-order valence-corrected chi connectivity index (χ1v) is 10.2. The first-order valence-electron chi connectivity index (χ1n) is 3.75. The van der Waals surface area contributed by atoms with Crippen molar-refractivity contribution in [1.82, 2.24) is 5.32 Å². The fourth-order valence-corrected chi connectivity index (χ4v) is 0.875. The van der Waals surface area contributed by atoms with Crippen molar-refractivity contribution in [3.05, 3.63) is 5.32 Å². The zero-order valence-corrected chi connectivity index (χ0v) is 11.0. The Labute approximate surface area is 95.9 Å². The summed E-state index contributed by atoms with van der Waals surface area (Å²) in [6.45, 7) is 4.02. The monoisotopic (exact) mass is 280 g/mol. The van der Waals surface area contributed by atoms with Gasteiger partial charge in [0.1, 0.15) is 5.78 Å². The normalized spacial score (nSPS) is 21.4. The van der Waals surface area contributed by atoms with Crippen LogP contribution in [0, 0.1) is 0 Å². The second-order valence-electron chi connectivity index (χ2n) is 2.45. The molecule has 0 aromatic carbocycles. The van der Waals surface area contributed by atoms with Crippen molar-refractivity contribution in [2.75, 3.05) is 19.6 Å². The first kappa shape index (κ1) is 14.2. The third-order valence-corrected chi connectivity index (χ3v) is 1.45. The Morgan fingerprint density at radius 1 is 1.54 bits per heavy atom. The molecule has 1 fully saturated rings. The van der Waals surface area contributed by atoms with Gasteiger partial charge in [-0.3, -0.25) is 0 Å². The van der Waals surface area contributed by atoms with Gasteiger partial charge < -0.3 is 15.4 Å². The fourth-order valence-electron chi connectivity index (χ4n) is 0.875. The molecule has 1 atom stereocenters. The molecule has 0 aromatic rings. The summed E-state index contributed by atoms with van der Waals surface area (Å²) in [7, 11) is 14.9. The fraction of sp³-hybridized carbons (Fsp3) is 0.833. The van der Waals surface area contributed by atoms with E-state index < -0.39 is 14.7 Å². The van der Waals surface area contributed by atoms with Gasteiger partial charge in [-0.2, -0.15) is 0 Å². The molecule has 0 spiro atoms. The number of carbonyl (C=O) groups is 1. The van der Waals surface area contributed by atoms with Gasteiger partial charge in [0.25, 0.3) is 0 Å². The molecule has 7 heteroatoms. The SMILES string of the molecule is CC(=O)C1CNCC[N-]1.[Cl][Ti+]([Cl])[Cl]. The maximum absolute atomic E-state index is 10.7. The number of carbonyl (C=O) groups excluding carboxylic acids is 1. The van der Waals surface area contributed by atoms with Gasteiger partial charge in [-0.15, -0.1) is 6.54 Å². The molecule has 0 aromatic heterocycles. The van der Waals surface area contributed by atoms with Crippen LogP contribution in [0.4, 0.5) is 0 Å². The van der Waals surface area contributed by atoms with E-state index in [4.69, 9.17) is 27.9 Å². The summed E-state index contributed by atoms with van der Waals surface area (Å²) < 4.78 is 0. The van der Waals surface area contributed by atoms with Crippen molar-refractivity contribution in [3.8, 4) is 0 Å². The van der Waals surface area contributed by atoms with E-state index in [1.807, 2.05) is 0 Å². The number of halogens is 3. The number of ketones is 1. The van der Waals surface area contributed by atoms with E-state index >= 15 is 0 Å². The molecule has 1 aliphatic heterocycles. The van der Waals surface area contributed by atoms with Crippen molar-refractivity contribution < 1.29 is 19.5 Å². The molecule has 1 N–H and O–H groups in total. The number of nitrogens with zero attached hydrogens (tertiary/aromatic N) is 1. The molecule has 0 aliphatic carbocycles. The summed E-state index contributed by atoms with van der Waals surface area (Å²) in [5, 5.41) is 7.22. The minimum absolute atomic E-state index is 0.0706. The molecule has 1 heterocycles. The van der Waals surface area contributed by atoms with Crippen LogP contribution >= 0.6 is 27.9 Å². The Kier molecular flexibility index (Phi) is 9.25. The molecule has 0 saturated carbocycles. The van der Waals surface area contributed by atoms with Crippen LogP contribution in [-0.4, -0.2) is 31.5 Å². The topological polar surface area (TPSA) is 43.2 Å². The van der Waals surface area contributed by atoms with Crippen LogP contribution in [0.3, 0.4) is 0 Å². The summed E-state index contributed by atoms with van der Waals surface area (Å²) in [5.41, 5.74) is 0. The predicted octanol–water partition coefficient (Wildman–Crippen LogP) is 1.99. The summed E-state index contributed by atoms with van der Waals surface area (Å²) >= 11 is -1.92. The Morgan fingerprint density at radius 3 is 2.31 bits per heavy atom. The van der Waals surface area contributed by atoms with Gasteiger partial charge in [0.05, 0.1) is 0 Å². The van der Waals surface area contributed by atoms with Gasteiger partial charge >= 0.3 is 42.6 Å². The van der Waals surface area contributed by atoms with Gasteiger partial charge in [-0.05, 0) is 20.0 Å². The summed E-state index contributed by atoms with van der Waals surface area (Å²) in [6, 6.07) is -0.0706. The van der Waals surface area contributed by atoms with Crippen molar-refractivity contribution in [2.24, 2.45) is 0 Å². The summed E-state index contributed by atoms with van der Waals surface area (Å²) in [5.74, 6) is 0.169. The van der Waals surface area contributed by atoms with Gasteiger partial charge in [0.2, 0.25) is 0 Å². The van der Waals surface area contributed by atoms with Gasteiger partial charge in [-0.25, -0.2) is 0 Å². The molecule has 0 amide bonds. The predicted molar refractivity (Wildman–Crippen MR) is 53.1 cm³/mol. The molecule has 1 saturated heterocycles. The molecule has 1 aliphatic rings. The Morgan fingerprint density at radius 2 is 2.08 bits per heavy atom. The summed E-state index contributed by atoms with van der Waals surface area (Å²) in [4.78, 5) is 10.7.